The molecule has 3 aromatic carbocycles. The summed E-state index contributed by atoms with van der Waals surface area (Å²) >= 11 is 0. The Morgan fingerprint density at radius 2 is 1.68 bits per heavy atom. The summed E-state index contributed by atoms with van der Waals surface area (Å²) in [5.74, 6) is -0.296. The molecule has 1 aliphatic rings. The second kappa shape index (κ2) is 10.7. The molecule has 7 heteroatoms. The normalized spacial score (nSPS) is 16.4. The summed E-state index contributed by atoms with van der Waals surface area (Å²) in [5.41, 5.74) is 3.97. The molecule has 34 heavy (non-hydrogen) atoms. The van der Waals surface area contributed by atoms with Crippen LogP contribution in [0.2, 0.25) is 0 Å². The zero-order valence-corrected chi connectivity index (χ0v) is 19.0. The number of carbonyl (C=O) groups is 2. The zero-order chi connectivity index (χ0) is 23.9. The van der Waals surface area contributed by atoms with Crippen LogP contribution in [0, 0.1) is 0 Å². The molecule has 0 aromatic heterocycles. The van der Waals surface area contributed by atoms with Crippen LogP contribution >= 0.6 is 0 Å². The molecule has 174 valence electrons. The van der Waals surface area contributed by atoms with E-state index in [2.05, 4.69) is 10.5 Å². The topological polar surface area (TPSA) is 91.2 Å². The van der Waals surface area contributed by atoms with Gasteiger partial charge in [-0.1, -0.05) is 65.8 Å². The van der Waals surface area contributed by atoms with Gasteiger partial charge in [-0.3, -0.25) is 9.59 Å². The van der Waals surface area contributed by atoms with E-state index in [4.69, 9.17) is 4.84 Å². The third kappa shape index (κ3) is 5.26. The van der Waals surface area contributed by atoms with Crippen molar-refractivity contribution in [2.24, 2.45) is 5.16 Å². The van der Waals surface area contributed by atoms with Gasteiger partial charge in [0.25, 0.3) is 5.91 Å². The molecule has 0 saturated carbocycles. The number of nitrogens with one attached hydrogen (secondary N) is 1. The van der Waals surface area contributed by atoms with Gasteiger partial charge in [0.15, 0.2) is 0 Å². The smallest absolute Gasteiger partial charge is 0.254 e. The molecule has 0 aliphatic carbocycles. The average Bonchev–Trinajstić information content (AvgIpc) is 3.29. The van der Waals surface area contributed by atoms with E-state index in [1.165, 1.54) is 12.0 Å². The lowest BCUT2D eigenvalue weighted by atomic mass is 10.0. The molecule has 1 heterocycles. The molecule has 0 unspecified atom stereocenters. The molecule has 1 saturated heterocycles. The molecule has 1 atom stereocenters. The highest BCUT2D eigenvalue weighted by atomic mass is 16.6. The number of aromatic hydroxyl groups is 1. The van der Waals surface area contributed by atoms with Gasteiger partial charge in [0.1, 0.15) is 18.9 Å². The molecule has 1 aliphatic heterocycles. The highest BCUT2D eigenvalue weighted by Crippen LogP contribution is 2.23. The first-order valence-corrected chi connectivity index (χ1v) is 11.2. The Hall–Kier alpha value is -4.13. The van der Waals surface area contributed by atoms with Crippen LogP contribution in [0.3, 0.4) is 0 Å². The molecular formula is C27H27N3O4. The van der Waals surface area contributed by atoms with E-state index in [0.717, 1.165) is 16.7 Å². The summed E-state index contributed by atoms with van der Waals surface area (Å²) in [4.78, 5) is 32.7. The van der Waals surface area contributed by atoms with Crippen LogP contribution < -0.4 is 5.32 Å². The van der Waals surface area contributed by atoms with E-state index < -0.39 is 6.04 Å². The van der Waals surface area contributed by atoms with E-state index in [-0.39, 0.29) is 24.1 Å². The Kier molecular flexibility index (Phi) is 7.22. The number of hydrogen-bond acceptors (Lipinski definition) is 5. The number of likely N-dealkylation sites (tertiary alicyclic amines) is 1. The van der Waals surface area contributed by atoms with Crippen molar-refractivity contribution < 1.29 is 19.5 Å². The quantitative estimate of drug-likeness (QED) is 0.530. The van der Waals surface area contributed by atoms with Gasteiger partial charge in [0.05, 0.1) is 12.3 Å². The van der Waals surface area contributed by atoms with Crippen LogP contribution in [-0.4, -0.2) is 53.8 Å². The van der Waals surface area contributed by atoms with Gasteiger partial charge in [-0.05, 0) is 41.3 Å². The summed E-state index contributed by atoms with van der Waals surface area (Å²) in [6.07, 6.45) is 0.795. The van der Waals surface area contributed by atoms with Gasteiger partial charge in [-0.15, -0.1) is 0 Å². The highest BCUT2D eigenvalue weighted by Gasteiger charge is 2.38. The number of carbonyl (C=O) groups excluding carboxylic acids is 2. The third-order valence-corrected chi connectivity index (χ3v) is 5.87. The first kappa shape index (κ1) is 23.0. The molecule has 3 aromatic rings. The zero-order valence-electron chi connectivity index (χ0n) is 19.0. The largest absolute Gasteiger partial charge is 0.508 e. The Morgan fingerprint density at radius 3 is 2.38 bits per heavy atom. The van der Waals surface area contributed by atoms with Crippen LogP contribution in [0.4, 0.5) is 0 Å². The van der Waals surface area contributed by atoms with Crippen molar-refractivity contribution in [1.82, 2.24) is 10.2 Å². The summed E-state index contributed by atoms with van der Waals surface area (Å²) < 4.78 is 0. The summed E-state index contributed by atoms with van der Waals surface area (Å²) in [6, 6.07) is 23.6. The molecule has 4 rings (SSSR count). The van der Waals surface area contributed by atoms with E-state index in [0.29, 0.717) is 30.7 Å². The number of nitrogens with zero attached hydrogens (tertiary/aromatic N) is 2. The molecule has 0 spiro atoms. The van der Waals surface area contributed by atoms with E-state index in [9.17, 15) is 14.7 Å². The number of phenols is 1. The van der Waals surface area contributed by atoms with Gasteiger partial charge in [-0.2, -0.15) is 0 Å². The van der Waals surface area contributed by atoms with Crippen molar-refractivity contribution in [3.8, 4) is 16.9 Å². The predicted octanol–water partition coefficient (Wildman–Crippen LogP) is 3.64. The minimum Gasteiger partial charge on any atom is -0.508 e. The predicted molar refractivity (Wildman–Crippen MR) is 131 cm³/mol. The van der Waals surface area contributed by atoms with Crippen molar-refractivity contribution in [1.29, 1.82) is 0 Å². The van der Waals surface area contributed by atoms with Crippen molar-refractivity contribution >= 4 is 17.5 Å². The van der Waals surface area contributed by atoms with Crippen molar-refractivity contribution in [3.63, 3.8) is 0 Å². The standard InChI is InChI=1S/C27H27N3O4/c1-34-29-23-17-24(26(32)28-16-15-21-9-5-6-10-25(21)31)30(18-23)27(33)22-13-11-20(12-14-22)19-7-3-2-4-8-19/h2-14,24,31H,15-18H2,1H3,(H,28,32)/b29-23+/t24-/m0/s1. The lowest BCUT2D eigenvalue weighted by Crippen LogP contribution is -2.46. The van der Waals surface area contributed by atoms with E-state index >= 15 is 0 Å². The summed E-state index contributed by atoms with van der Waals surface area (Å²) in [5, 5.41) is 16.8. The minimum atomic E-state index is -0.681. The van der Waals surface area contributed by atoms with Crippen molar-refractivity contribution in [2.75, 3.05) is 20.2 Å². The molecule has 0 radical (unpaired) electrons. The van der Waals surface area contributed by atoms with Crippen LogP contribution in [0.15, 0.2) is 84.0 Å². The molecule has 7 nitrogen and oxygen atoms in total. The van der Waals surface area contributed by atoms with Crippen molar-refractivity contribution in [2.45, 2.75) is 18.9 Å². The Bertz CT molecular complexity index is 1180. The van der Waals surface area contributed by atoms with Gasteiger partial charge >= 0.3 is 0 Å². The third-order valence-electron chi connectivity index (χ3n) is 5.87. The summed E-state index contributed by atoms with van der Waals surface area (Å²) in [7, 11) is 1.45. The fourth-order valence-electron chi connectivity index (χ4n) is 4.11. The maximum Gasteiger partial charge on any atom is 0.254 e. The first-order valence-electron chi connectivity index (χ1n) is 11.2. The monoisotopic (exact) mass is 457 g/mol. The number of phenolic OH excluding ortho intramolecular Hbond substituents is 1. The number of rotatable bonds is 7. The Morgan fingerprint density at radius 1 is 1.00 bits per heavy atom. The second-order valence-electron chi connectivity index (χ2n) is 8.11. The lowest BCUT2D eigenvalue weighted by molar-refractivity contribution is -0.124. The van der Waals surface area contributed by atoms with Crippen LogP contribution in [-0.2, 0) is 16.1 Å². The number of oxime groups is 1. The highest BCUT2D eigenvalue weighted by molar-refractivity contribution is 6.05. The van der Waals surface area contributed by atoms with Gasteiger partial charge in [-0.25, -0.2) is 0 Å². The van der Waals surface area contributed by atoms with Gasteiger partial charge in [0, 0.05) is 18.5 Å². The average molecular weight is 458 g/mol. The van der Waals surface area contributed by atoms with Crippen LogP contribution in [0.5, 0.6) is 5.75 Å². The molecule has 2 amide bonds. The van der Waals surface area contributed by atoms with Crippen LogP contribution in [0.25, 0.3) is 11.1 Å². The molecule has 1 fully saturated rings. The number of benzene rings is 3. The Labute approximate surface area is 198 Å². The number of para-hydroxylation sites is 1. The van der Waals surface area contributed by atoms with Crippen LogP contribution in [0.1, 0.15) is 22.3 Å². The SMILES string of the molecule is CO/N=C1\C[C@@H](C(=O)NCCc2ccccc2O)N(C(=O)c2ccc(-c3ccccc3)cc2)C1. The maximum absolute atomic E-state index is 13.3. The number of amides is 2. The molecular weight excluding hydrogens is 430 g/mol. The van der Waals surface area contributed by atoms with Crippen molar-refractivity contribution in [3.05, 3.63) is 90.0 Å². The lowest BCUT2D eigenvalue weighted by Gasteiger charge is -2.23. The Balaban J connectivity index is 1.46. The number of hydrogen-bond donors (Lipinski definition) is 2. The van der Waals surface area contributed by atoms with Gasteiger partial charge in [0.2, 0.25) is 5.91 Å². The van der Waals surface area contributed by atoms with E-state index in [1.54, 1.807) is 24.3 Å². The second-order valence-corrected chi connectivity index (χ2v) is 8.11. The van der Waals surface area contributed by atoms with Gasteiger partial charge < -0.3 is 20.2 Å². The fourth-order valence-corrected chi connectivity index (χ4v) is 4.11. The summed E-state index contributed by atoms with van der Waals surface area (Å²) in [6.45, 7) is 0.572. The first-order chi connectivity index (χ1) is 16.6. The molecule has 0 bridgehead atoms. The fraction of sp³-hybridized carbons (Fsp3) is 0.222. The molecule has 2 N–H and O–H groups in total. The minimum absolute atomic E-state index is 0.197. The van der Waals surface area contributed by atoms with E-state index in [1.807, 2.05) is 54.6 Å². The maximum atomic E-state index is 13.3.